The van der Waals surface area contributed by atoms with Crippen LogP contribution in [0.25, 0.3) is 0 Å². The van der Waals surface area contributed by atoms with Gasteiger partial charge in [-0.05, 0) is 24.1 Å². The first-order valence-electron chi connectivity index (χ1n) is 5.85. The number of aliphatic hydroxyl groups is 1. The van der Waals surface area contributed by atoms with Gasteiger partial charge in [0.15, 0.2) is 0 Å². The van der Waals surface area contributed by atoms with E-state index in [0.717, 1.165) is 18.5 Å². The number of methoxy groups -OCH3 is 1. The molecule has 0 bridgehead atoms. The topological polar surface area (TPSA) is 41.5 Å². The van der Waals surface area contributed by atoms with E-state index in [9.17, 15) is 5.11 Å². The summed E-state index contributed by atoms with van der Waals surface area (Å²) in [6, 6.07) is 7.33. The Morgan fingerprint density at radius 2 is 2.00 bits per heavy atom. The second kappa shape index (κ2) is 7.67. The Morgan fingerprint density at radius 1 is 1.35 bits per heavy atom. The molecule has 0 heterocycles. The van der Waals surface area contributed by atoms with Crippen molar-refractivity contribution in [3.8, 4) is 0 Å². The summed E-state index contributed by atoms with van der Waals surface area (Å²) in [4.78, 5) is 0. The molecule has 17 heavy (non-hydrogen) atoms. The fourth-order valence-corrected chi connectivity index (χ4v) is 1.84. The Bertz CT molecular complexity index is 316. The van der Waals surface area contributed by atoms with Crippen LogP contribution in [0.2, 0.25) is 5.02 Å². The second-order valence-electron chi connectivity index (χ2n) is 3.96. The molecule has 1 aromatic carbocycles. The van der Waals surface area contributed by atoms with Crippen LogP contribution in [0.4, 0.5) is 0 Å². The van der Waals surface area contributed by atoms with Gasteiger partial charge in [-0.1, -0.05) is 30.7 Å². The summed E-state index contributed by atoms with van der Waals surface area (Å²) in [7, 11) is 1.66. The molecule has 2 N–H and O–H groups in total. The van der Waals surface area contributed by atoms with Crippen LogP contribution >= 0.6 is 11.6 Å². The SMILES string of the molecule is CCC(NCCOC)C(O)c1ccc(Cl)cc1. The van der Waals surface area contributed by atoms with Crippen molar-refractivity contribution in [2.45, 2.75) is 25.5 Å². The van der Waals surface area contributed by atoms with Crippen LogP contribution < -0.4 is 5.32 Å². The summed E-state index contributed by atoms with van der Waals surface area (Å²) in [5.74, 6) is 0. The van der Waals surface area contributed by atoms with Gasteiger partial charge in [-0.15, -0.1) is 0 Å². The van der Waals surface area contributed by atoms with Crippen molar-refractivity contribution >= 4 is 11.6 Å². The van der Waals surface area contributed by atoms with Crippen molar-refractivity contribution < 1.29 is 9.84 Å². The van der Waals surface area contributed by atoms with Gasteiger partial charge >= 0.3 is 0 Å². The molecule has 0 amide bonds. The molecule has 4 heteroatoms. The molecule has 0 saturated carbocycles. The van der Waals surface area contributed by atoms with Gasteiger partial charge in [-0.3, -0.25) is 0 Å². The largest absolute Gasteiger partial charge is 0.387 e. The van der Waals surface area contributed by atoms with E-state index in [-0.39, 0.29) is 6.04 Å². The van der Waals surface area contributed by atoms with Crippen LogP contribution in [-0.2, 0) is 4.74 Å². The molecule has 2 unspecified atom stereocenters. The van der Waals surface area contributed by atoms with Crippen LogP contribution in [0.3, 0.4) is 0 Å². The Hall–Kier alpha value is -0.610. The van der Waals surface area contributed by atoms with Gasteiger partial charge in [0, 0.05) is 24.7 Å². The third-order valence-corrected chi connectivity index (χ3v) is 3.00. The number of hydrogen-bond donors (Lipinski definition) is 2. The summed E-state index contributed by atoms with van der Waals surface area (Å²) >= 11 is 5.82. The number of hydrogen-bond acceptors (Lipinski definition) is 3. The number of halogens is 1. The van der Waals surface area contributed by atoms with Crippen LogP contribution in [-0.4, -0.2) is 31.4 Å². The minimum atomic E-state index is -0.519. The molecule has 2 atom stereocenters. The first kappa shape index (κ1) is 14.5. The third kappa shape index (κ3) is 4.64. The number of aliphatic hydroxyl groups excluding tert-OH is 1. The lowest BCUT2D eigenvalue weighted by molar-refractivity contribution is 0.117. The number of ether oxygens (including phenoxy) is 1. The maximum Gasteiger partial charge on any atom is 0.0942 e. The maximum absolute atomic E-state index is 10.2. The van der Waals surface area contributed by atoms with E-state index >= 15 is 0 Å². The van der Waals surface area contributed by atoms with E-state index in [1.54, 1.807) is 19.2 Å². The van der Waals surface area contributed by atoms with Crippen LogP contribution in [0.1, 0.15) is 25.0 Å². The van der Waals surface area contributed by atoms with Crippen LogP contribution in [0, 0.1) is 0 Å². The van der Waals surface area contributed by atoms with Crippen molar-refractivity contribution in [1.82, 2.24) is 5.32 Å². The van der Waals surface area contributed by atoms with Crippen molar-refractivity contribution in [3.63, 3.8) is 0 Å². The first-order chi connectivity index (χ1) is 8.19. The molecule has 96 valence electrons. The van der Waals surface area contributed by atoms with Crippen molar-refractivity contribution in [1.29, 1.82) is 0 Å². The maximum atomic E-state index is 10.2. The molecule has 3 nitrogen and oxygen atoms in total. The molecule has 0 spiro atoms. The minimum Gasteiger partial charge on any atom is -0.387 e. The van der Waals surface area contributed by atoms with Crippen LogP contribution in [0.15, 0.2) is 24.3 Å². The Morgan fingerprint density at radius 3 is 2.53 bits per heavy atom. The number of nitrogens with one attached hydrogen (secondary N) is 1. The molecule has 0 saturated heterocycles. The predicted octanol–water partition coefficient (Wildman–Crippen LogP) is 2.39. The van der Waals surface area contributed by atoms with Gasteiger partial charge in [0.05, 0.1) is 12.7 Å². The second-order valence-corrected chi connectivity index (χ2v) is 4.39. The van der Waals surface area contributed by atoms with Crippen molar-refractivity contribution in [2.75, 3.05) is 20.3 Å². The van der Waals surface area contributed by atoms with E-state index in [2.05, 4.69) is 5.32 Å². The summed E-state index contributed by atoms with van der Waals surface area (Å²) in [5.41, 5.74) is 0.881. The number of benzene rings is 1. The Kier molecular flexibility index (Phi) is 6.52. The first-order valence-corrected chi connectivity index (χ1v) is 6.22. The fraction of sp³-hybridized carbons (Fsp3) is 0.538. The summed E-state index contributed by atoms with van der Waals surface area (Å²) in [6.45, 7) is 3.42. The fourth-order valence-electron chi connectivity index (χ4n) is 1.72. The van der Waals surface area contributed by atoms with E-state index < -0.39 is 6.10 Å². The molecule has 0 aromatic heterocycles. The zero-order valence-corrected chi connectivity index (χ0v) is 11.1. The monoisotopic (exact) mass is 257 g/mol. The minimum absolute atomic E-state index is 0.0336. The van der Waals surface area contributed by atoms with Gasteiger partial charge in [0.25, 0.3) is 0 Å². The quantitative estimate of drug-likeness (QED) is 0.737. The summed E-state index contributed by atoms with van der Waals surface area (Å²) in [6.07, 6.45) is 0.335. The van der Waals surface area contributed by atoms with Gasteiger partial charge in [0.1, 0.15) is 0 Å². The molecular formula is C13H20ClNO2. The smallest absolute Gasteiger partial charge is 0.0942 e. The molecule has 0 fully saturated rings. The van der Waals surface area contributed by atoms with E-state index in [0.29, 0.717) is 11.6 Å². The highest BCUT2D eigenvalue weighted by Gasteiger charge is 2.18. The summed E-state index contributed by atoms with van der Waals surface area (Å²) in [5, 5.41) is 14.2. The average Bonchev–Trinajstić information content (AvgIpc) is 2.35. The standard InChI is InChI=1S/C13H20ClNO2/c1-3-12(15-8-9-17-2)13(16)10-4-6-11(14)7-5-10/h4-7,12-13,15-16H,3,8-9H2,1-2H3. The molecule has 0 aliphatic heterocycles. The van der Waals surface area contributed by atoms with Gasteiger partial charge in [-0.2, -0.15) is 0 Å². The van der Waals surface area contributed by atoms with E-state index in [4.69, 9.17) is 16.3 Å². The van der Waals surface area contributed by atoms with Crippen LogP contribution in [0.5, 0.6) is 0 Å². The van der Waals surface area contributed by atoms with Gasteiger partial charge in [-0.25, -0.2) is 0 Å². The molecule has 0 radical (unpaired) electrons. The lowest BCUT2D eigenvalue weighted by atomic mass is 10.0. The van der Waals surface area contributed by atoms with E-state index in [1.165, 1.54) is 0 Å². The van der Waals surface area contributed by atoms with Gasteiger partial charge < -0.3 is 15.2 Å². The lowest BCUT2D eigenvalue weighted by Crippen LogP contribution is -2.36. The lowest BCUT2D eigenvalue weighted by Gasteiger charge is -2.23. The zero-order chi connectivity index (χ0) is 12.7. The zero-order valence-electron chi connectivity index (χ0n) is 10.3. The van der Waals surface area contributed by atoms with Crippen molar-refractivity contribution in [2.24, 2.45) is 0 Å². The highest BCUT2D eigenvalue weighted by molar-refractivity contribution is 6.30. The number of rotatable bonds is 7. The molecule has 0 aliphatic rings. The highest BCUT2D eigenvalue weighted by atomic mass is 35.5. The molecule has 1 aromatic rings. The summed E-state index contributed by atoms with van der Waals surface area (Å²) < 4.78 is 4.98. The third-order valence-electron chi connectivity index (χ3n) is 2.75. The molecular weight excluding hydrogens is 238 g/mol. The van der Waals surface area contributed by atoms with E-state index in [1.807, 2.05) is 19.1 Å². The molecule has 1 rings (SSSR count). The Balaban J connectivity index is 2.58. The average molecular weight is 258 g/mol. The predicted molar refractivity (Wildman–Crippen MR) is 70.4 cm³/mol. The molecule has 0 aliphatic carbocycles. The van der Waals surface area contributed by atoms with Gasteiger partial charge in [0.2, 0.25) is 0 Å². The Labute approximate surface area is 108 Å². The normalized spacial score (nSPS) is 14.6. The van der Waals surface area contributed by atoms with Crippen molar-refractivity contribution in [3.05, 3.63) is 34.9 Å². The highest BCUT2D eigenvalue weighted by Crippen LogP contribution is 2.20.